The summed E-state index contributed by atoms with van der Waals surface area (Å²) in [6.45, 7) is 0.216. The lowest BCUT2D eigenvalue weighted by Gasteiger charge is -2.16. The van der Waals surface area contributed by atoms with E-state index in [0.29, 0.717) is 6.07 Å². The predicted molar refractivity (Wildman–Crippen MR) is 47.1 cm³/mol. The number of benzene rings is 1. The summed E-state index contributed by atoms with van der Waals surface area (Å²) in [7, 11) is 0. The van der Waals surface area contributed by atoms with Gasteiger partial charge in [0, 0.05) is 6.07 Å². The van der Waals surface area contributed by atoms with Crippen LogP contribution in [0.15, 0.2) is 18.2 Å². The molecule has 1 atom stereocenters. The van der Waals surface area contributed by atoms with E-state index in [4.69, 9.17) is 0 Å². The van der Waals surface area contributed by atoms with Crippen LogP contribution in [0.4, 0.5) is 22.0 Å². The van der Waals surface area contributed by atoms with Crippen molar-refractivity contribution in [1.29, 1.82) is 0 Å². The minimum absolute atomic E-state index is 0.391. The average Bonchev–Trinajstić information content (AvgIpc) is 2.14. The summed E-state index contributed by atoms with van der Waals surface area (Å²) in [6, 6.07) is 2.41. The van der Waals surface area contributed by atoms with Crippen molar-refractivity contribution in [2.75, 3.05) is 6.61 Å². The van der Waals surface area contributed by atoms with Gasteiger partial charge in [0.15, 0.2) is 11.6 Å². The number of hydrogen-bond donors (Lipinski definition) is 0. The van der Waals surface area contributed by atoms with Crippen LogP contribution in [0, 0.1) is 17.6 Å². The topological polar surface area (TPSA) is 9.23 Å². The van der Waals surface area contributed by atoms with E-state index in [1.54, 1.807) is 0 Å². The van der Waals surface area contributed by atoms with Gasteiger partial charge in [-0.15, -0.1) is 0 Å². The molecule has 0 aliphatic heterocycles. The Hall–Kier alpha value is -1.33. The smallest absolute Gasteiger partial charge is 0.394 e. The van der Waals surface area contributed by atoms with Gasteiger partial charge in [-0.05, 0) is 12.1 Å². The molecule has 0 radical (unpaired) electrons. The highest BCUT2D eigenvalue weighted by Gasteiger charge is 2.36. The Kier molecular flexibility index (Phi) is 3.72. The maximum absolute atomic E-state index is 13.0. The minimum Gasteiger partial charge on any atom is -0.490 e. The molecule has 0 fully saturated rings. The Morgan fingerprint density at radius 1 is 1.25 bits per heavy atom. The van der Waals surface area contributed by atoms with Crippen LogP contribution in [0.3, 0.4) is 0 Å². The third kappa shape index (κ3) is 3.36. The molecular weight excluding hydrogens is 231 g/mol. The first-order valence-corrected chi connectivity index (χ1v) is 4.45. The first-order valence-electron chi connectivity index (χ1n) is 4.45. The van der Waals surface area contributed by atoms with Crippen LogP contribution in [0.1, 0.15) is 6.92 Å². The van der Waals surface area contributed by atoms with Gasteiger partial charge in [-0.25, -0.2) is 8.78 Å². The Balaban J connectivity index is 2.62. The largest absolute Gasteiger partial charge is 0.490 e. The van der Waals surface area contributed by atoms with Crippen molar-refractivity contribution in [3.8, 4) is 5.75 Å². The van der Waals surface area contributed by atoms with Crippen molar-refractivity contribution in [2.45, 2.75) is 13.1 Å². The lowest BCUT2D eigenvalue weighted by Crippen LogP contribution is -2.25. The molecule has 0 aliphatic carbocycles. The van der Waals surface area contributed by atoms with Gasteiger partial charge in [-0.3, -0.25) is 0 Å². The Morgan fingerprint density at radius 3 is 2.38 bits per heavy atom. The number of halogens is 5. The number of rotatable bonds is 3. The monoisotopic (exact) mass is 240 g/mol. The summed E-state index contributed by atoms with van der Waals surface area (Å²) >= 11 is 0. The normalized spacial score (nSPS) is 13.6. The summed E-state index contributed by atoms with van der Waals surface area (Å²) in [5, 5.41) is 0. The third-order valence-electron chi connectivity index (χ3n) is 1.94. The minimum atomic E-state index is -4.39. The molecule has 16 heavy (non-hydrogen) atoms. The fraction of sp³-hybridized carbons (Fsp3) is 0.400. The zero-order valence-corrected chi connectivity index (χ0v) is 8.31. The van der Waals surface area contributed by atoms with Gasteiger partial charge in [-0.1, -0.05) is 6.92 Å². The van der Waals surface area contributed by atoms with Crippen LogP contribution < -0.4 is 4.74 Å². The molecule has 0 bridgehead atoms. The van der Waals surface area contributed by atoms with Gasteiger partial charge in [0.1, 0.15) is 5.82 Å². The van der Waals surface area contributed by atoms with Gasteiger partial charge >= 0.3 is 6.18 Å². The molecule has 1 unspecified atom stereocenters. The molecule has 0 saturated carbocycles. The van der Waals surface area contributed by atoms with Crippen LogP contribution in [0.25, 0.3) is 0 Å². The molecule has 6 heteroatoms. The van der Waals surface area contributed by atoms with Crippen molar-refractivity contribution in [1.82, 2.24) is 0 Å². The van der Waals surface area contributed by atoms with Crippen LogP contribution in [0.2, 0.25) is 0 Å². The van der Waals surface area contributed by atoms with E-state index in [1.807, 2.05) is 0 Å². The van der Waals surface area contributed by atoms with Gasteiger partial charge in [-0.2, -0.15) is 13.2 Å². The molecule has 0 N–H and O–H groups in total. The van der Waals surface area contributed by atoms with E-state index >= 15 is 0 Å². The van der Waals surface area contributed by atoms with E-state index in [0.717, 1.165) is 19.1 Å². The van der Waals surface area contributed by atoms with E-state index in [9.17, 15) is 22.0 Å². The fourth-order valence-corrected chi connectivity index (χ4v) is 0.902. The van der Waals surface area contributed by atoms with E-state index in [2.05, 4.69) is 4.74 Å². The molecule has 0 saturated heterocycles. The van der Waals surface area contributed by atoms with Crippen LogP contribution in [-0.4, -0.2) is 12.8 Å². The summed E-state index contributed by atoms with van der Waals surface area (Å²) in [4.78, 5) is 0. The second-order valence-electron chi connectivity index (χ2n) is 3.33. The number of ether oxygens (including phenoxy) is 1. The molecule has 0 heterocycles. The Bertz CT molecular complexity index is 361. The van der Waals surface area contributed by atoms with Crippen molar-refractivity contribution in [2.24, 2.45) is 5.92 Å². The molecule has 0 spiro atoms. The van der Waals surface area contributed by atoms with E-state index < -0.39 is 36.1 Å². The Labute approximate surface area is 88.8 Å². The summed E-state index contributed by atoms with van der Waals surface area (Å²) < 4.78 is 66.3. The molecule has 0 amide bonds. The quantitative estimate of drug-likeness (QED) is 0.734. The standard InChI is InChI=1S/C10H9F5O/c1-6(10(13,14)15)5-16-9-3-2-7(11)4-8(9)12/h2-4,6H,5H2,1H3. The summed E-state index contributed by atoms with van der Waals surface area (Å²) in [5.41, 5.74) is 0. The lowest BCUT2D eigenvalue weighted by molar-refractivity contribution is -0.176. The molecule has 1 rings (SSSR count). The average molecular weight is 240 g/mol. The summed E-state index contributed by atoms with van der Waals surface area (Å²) in [5.74, 6) is -3.93. The molecule has 1 aromatic rings. The maximum atomic E-state index is 13.0. The third-order valence-corrected chi connectivity index (χ3v) is 1.94. The molecule has 90 valence electrons. The van der Waals surface area contributed by atoms with Crippen molar-refractivity contribution >= 4 is 0 Å². The van der Waals surface area contributed by atoms with Gasteiger partial charge in [0.25, 0.3) is 0 Å². The van der Waals surface area contributed by atoms with Gasteiger partial charge in [0.2, 0.25) is 0 Å². The van der Waals surface area contributed by atoms with Crippen LogP contribution in [-0.2, 0) is 0 Å². The molecule has 0 aromatic heterocycles. The van der Waals surface area contributed by atoms with Crippen molar-refractivity contribution in [3.63, 3.8) is 0 Å². The van der Waals surface area contributed by atoms with Crippen LogP contribution in [0.5, 0.6) is 5.75 Å². The SMILES string of the molecule is CC(COc1ccc(F)cc1F)C(F)(F)F. The first-order chi connectivity index (χ1) is 7.30. The fourth-order valence-electron chi connectivity index (χ4n) is 0.902. The maximum Gasteiger partial charge on any atom is 0.394 e. The molecular formula is C10H9F5O. The lowest BCUT2D eigenvalue weighted by atomic mass is 10.2. The van der Waals surface area contributed by atoms with Crippen molar-refractivity contribution in [3.05, 3.63) is 29.8 Å². The summed E-state index contributed by atoms with van der Waals surface area (Å²) in [6.07, 6.45) is -4.39. The highest BCUT2D eigenvalue weighted by Crippen LogP contribution is 2.27. The number of alkyl halides is 3. The van der Waals surface area contributed by atoms with Gasteiger partial charge in [0.05, 0.1) is 12.5 Å². The Morgan fingerprint density at radius 2 is 1.88 bits per heavy atom. The van der Waals surface area contributed by atoms with E-state index in [1.165, 1.54) is 0 Å². The second-order valence-corrected chi connectivity index (χ2v) is 3.33. The zero-order valence-electron chi connectivity index (χ0n) is 8.31. The second kappa shape index (κ2) is 4.67. The first kappa shape index (κ1) is 12.7. The number of hydrogen-bond acceptors (Lipinski definition) is 1. The molecule has 1 aromatic carbocycles. The van der Waals surface area contributed by atoms with Crippen LogP contribution >= 0.6 is 0 Å². The molecule has 0 aliphatic rings. The molecule has 1 nitrogen and oxygen atoms in total. The van der Waals surface area contributed by atoms with Crippen molar-refractivity contribution < 1.29 is 26.7 Å². The van der Waals surface area contributed by atoms with E-state index in [-0.39, 0.29) is 0 Å². The predicted octanol–water partition coefficient (Wildman–Crippen LogP) is 3.54. The zero-order chi connectivity index (χ0) is 12.3. The highest BCUT2D eigenvalue weighted by molar-refractivity contribution is 5.24. The highest BCUT2D eigenvalue weighted by atomic mass is 19.4. The van der Waals surface area contributed by atoms with Gasteiger partial charge < -0.3 is 4.74 Å².